The molecule has 3 aliphatic rings. The quantitative estimate of drug-likeness (QED) is 0.492. The number of hydrogen-bond donors (Lipinski definition) is 2. The number of benzene rings is 1. The van der Waals surface area contributed by atoms with E-state index < -0.39 is 53.2 Å². The second-order valence-corrected chi connectivity index (χ2v) is 10.8. The number of piperidine rings is 1. The highest BCUT2D eigenvalue weighted by Gasteiger charge is 2.51. The number of β-amino-alcohol motifs (C(OH)–C–C–N with tert-alkyl or cyclic N) is 1. The van der Waals surface area contributed by atoms with Crippen molar-refractivity contribution < 1.29 is 47.3 Å². The molecular formula is C25H29ClF3N4O7-. The molecule has 2 N–H and O–H groups in total. The Morgan fingerprint density at radius 3 is 2.50 bits per heavy atom. The summed E-state index contributed by atoms with van der Waals surface area (Å²) in [5, 5.41) is 24.3. The zero-order chi connectivity index (χ0) is 29.4. The van der Waals surface area contributed by atoms with E-state index in [0.717, 1.165) is 40.8 Å². The Kier molecular flexibility index (Phi) is 8.41. The van der Waals surface area contributed by atoms with Crippen LogP contribution in [0.2, 0.25) is 5.02 Å². The largest absolute Gasteiger partial charge is 0.573 e. The molecule has 40 heavy (non-hydrogen) atoms. The maximum Gasteiger partial charge on any atom is 0.573 e. The number of nitrogens with zero attached hydrogens (tertiary/aromatic N) is 3. The number of ether oxygens (including phenoxy) is 1. The number of amides is 4. The number of alkyl halides is 3. The molecule has 1 aromatic carbocycles. The lowest BCUT2D eigenvalue weighted by molar-refractivity contribution is -0.311. The third-order valence-corrected chi connectivity index (χ3v) is 8.16. The van der Waals surface area contributed by atoms with Gasteiger partial charge in [-0.3, -0.25) is 9.59 Å². The van der Waals surface area contributed by atoms with Crippen LogP contribution in [0.25, 0.3) is 0 Å². The molecule has 1 spiro atoms. The van der Waals surface area contributed by atoms with Crippen LogP contribution in [0.1, 0.15) is 39.0 Å². The van der Waals surface area contributed by atoms with Crippen molar-refractivity contribution in [2.75, 3.05) is 31.5 Å². The van der Waals surface area contributed by atoms with Gasteiger partial charge in [-0.25, -0.2) is 4.79 Å². The topological polar surface area (TPSA) is 143 Å². The summed E-state index contributed by atoms with van der Waals surface area (Å²) in [6.45, 7) is 1.88. The van der Waals surface area contributed by atoms with E-state index in [1.807, 2.05) is 0 Å². The van der Waals surface area contributed by atoms with E-state index in [4.69, 9.17) is 11.6 Å². The van der Waals surface area contributed by atoms with Crippen molar-refractivity contribution in [3.8, 4) is 5.75 Å². The Balaban J connectivity index is 1.33. The molecule has 0 unspecified atom stereocenters. The molecule has 4 amide bonds. The summed E-state index contributed by atoms with van der Waals surface area (Å²) >= 11 is 5.81. The van der Waals surface area contributed by atoms with Gasteiger partial charge in [0.05, 0.1) is 23.1 Å². The van der Waals surface area contributed by atoms with Crippen LogP contribution < -0.4 is 15.2 Å². The summed E-state index contributed by atoms with van der Waals surface area (Å²) in [7, 11) is 0. The lowest BCUT2D eigenvalue weighted by atomic mass is 9.90. The molecule has 1 aliphatic carbocycles. The number of urea groups is 1. The van der Waals surface area contributed by atoms with Crippen molar-refractivity contribution in [2.24, 2.45) is 5.41 Å². The summed E-state index contributed by atoms with van der Waals surface area (Å²) in [4.78, 5) is 54.3. The van der Waals surface area contributed by atoms with Gasteiger partial charge in [0.15, 0.2) is 0 Å². The van der Waals surface area contributed by atoms with Gasteiger partial charge in [-0.05, 0) is 56.2 Å². The van der Waals surface area contributed by atoms with Crippen molar-refractivity contribution in [3.05, 3.63) is 23.2 Å². The minimum atomic E-state index is -4.95. The SMILES string of the molecule is C[C@H]1C(=O)N([C@@H](CCC(=O)N2CCC3(CC3)[C@H](O)C2)C(=O)[O-])CCN1C(=O)Nc1ccc(OC(F)(F)F)c(Cl)c1. The van der Waals surface area contributed by atoms with Crippen LogP contribution in [-0.2, 0) is 14.4 Å². The normalized spacial score (nSPS) is 23.1. The molecule has 1 aromatic rings. The number of carbonyl (C=O) groups is 4. The number of nitrogens with one attached hydrogen (secondary N) is 1. The lowest BCUT2D eigenvalue weighted by Gasteiger charge is -2.43. The third-order valence-electron chi connectivity index (χ3n) is 7.86. The van der Waals surface area contributed by atoms with Gasteiger partial charge in [0.25, 0.3) is 0 Å². The smallest absolute Gasteiger partial charge is 0.548 e. The highest BCUT2D eigenvalue weighted by Crippen LogP contribution is 2.53. The average Bonchev–Trinajstić information content (AvgIpc) is 3.64. The Morgan fingerprint density at radius 2 is 1.93 bits per heavy atom. The fourth-order valence-electron chi connectivity index (χ4n) is 5.27. The second kappa shape index (κ2) is 11.3. The van der Waals surface area contributed by atoms with Gasteiger partial charge in [-0.2, -0.15) is 0 Å². The molecule has 0 radical (unpaired) electrons. The molecule has 2 saturated heterocycles. The van der Waals surface area contributed by atoms with Crippen LogP contribution in [-0.4, -0.2) is 94.4 Å². The number of anilines is 1. The highest BCUT2D eigenvalue weighted by molar-refractivity contribution is 6.32. The van der Waals surface area contributed by atoms with Gasteiger partial charge in [-0.15, -0.1) is 13.2 Å². The first-order chi connectivity index (χ1) is 18.7. The number of aliphatic hydroxyl groups excluding tert-OH is 1. The van der Waals surface area contributed by atoms with Crippen LogP contribution in [0, 0.1) is 5.41 Å². The van der Waals surface area contributed by atoms with Gasteiger partial charge >= 0.3 is 12.4 Å². The van der Waals surface area contributed by atoms with Crippen molar-refractivity contribution in [3.63, 3.8) is 0 Å². The van der Waals surface area contributed by atoms with Crippen LogP contribution in [0.15, 0.2) is 18.2 Å². The minimum absolute atomic E-state index is 0.0492. The maximum absolute atomic E-state index is 13.1. The molecule has 3 atom stereocenters. The van der Waals surface area contributed by atoms with E-state index >= 15 is 0 Å². The lowest BCUT2D eigenvalue weighted by Crippen LogP contribution is -2.63. The molecule has 15 heteroatoms. The number of carboxylic acid groups (broad SMARTS) is 1. The van der Waals surface area contributed by atoms with Crippen LogP contribution in [0.4, 0.5) is 23.7 Å². The Bertz CT molecular complexity index is 1180. The summed E-state index contributed by atoms with van der Waals surface area (Å²) < 4.78 is 41.1. The number of halogens is 4. The first-order valence-corrected chi connectivity index (χ1v) is 13.2. The second-order valence-electron chi connectivity index (χ2n) is 10.4. The summed E-state index contributed by atoms with van der Waals surface area (Å²) in [6, 6.07) is -0.104. The van der Waals surface area contributed by atoms with Crippen molar-refractivity contribution in [1.29, 1.82) is 0 Å². The monoisotopic (exact) mass is 589 g/mol. The highest BCUT2D eigenvalue weighted by atomic mass is 35.5. The van der Waals surface area contributed by atoms with Crippen LogP contribution in [0.3, 0.4) is 0 Å². The Hall–Kier alpha value is -3.26. The zero-order valence-electron chi connectivity index (χ0n) is 21.6. The molecule has 4 rings (SSSR count). The van der Waals surface area contributed by atoms with E-state index in [1.54, 1.807) is 0 Å². The van der Waals surface area contributed by atoms with Crippen molar-refractivity contribution >= 4 is 41.1 Å². The van der Waals surface area contributed by atoms with E-state index in [-0.39, 0.29) is 49.5 Å². The van der Waals surface area contributed by atoms with E-state index in [0.29, 0.717) is 13.0 Å². The van der Waals surface area contributed by atoms with E-state index in [1.165, 1.54) is 11.8 Å². The first-order valence-electron chi connectivity index (χ1n) is 12.8. The molecule has 2 heterocycles. The van der Waals surface area contributed by atoms with Crippen molar-refractivity contribution in [2.45, 2.75) is 63.6 Å². The van der Waals surface area contributed by atoms with Crippen LogP contribution in [0.5, 0.6) is 5.75 Å². The number of piperazine rings is 1. The van der Waals surface area contributed by atoms with Gasteiger partial charge < -0.3 is 39.8 Å². The molecule has 220 valence electrons. The minimum Gasteiger partial charge on any atom is -0.548 e. The maximum atomic E-state index is 13.1. The van der Waals surface area contributed by atoms with Gasteiger partial charge in [0.1, 0.15) is 11.8 Å². The number of carbonyl (C=O) groups excluding carboxylic acids is 4. The summed E-state index contributed by atoms with van der Waals surface area (Å²) in [5.41, 5.74) is -0.0380. The van der Waals surface area contributed by atoms with Gasteiger partial charge in [-0.1, -0.05) is 11.6 Å². The first kappa shape index (κ1) is 29.7. The molecule has 2 aliphatic heterocycles. The predicted molar refractivity (Wildman–Crippen MR) is 132 cm³/mol. The van der Waals surface area contributed by atoms with Crippen LogP contribution >= 0.6 is 11.6 Å². The molecule has 11 nitrogen and oxygen atoms in total. The molecule has 3 fully saturated rings. The Morgan fingerprint density at radius 1 is 1.23 bits per heavy atom. The number of aliphatic hydroxyl groups is 1. The van der Waals surface area contributed by atoms with Gasteiger partial charge in [0.2, 0.25) is 11.8 Å². The third kappa shape index (κ3) is 6.54. The number of likely N-dealkylation sites (tertiary alicyclic amines) is 1. The average molecular weight is 590 g/mol. The number of hydrogen-bond acceptors (Lipinski definition) is 7. The number of carboxylic acids is 1. The van der Waals surface area contributed by atoms with E-state index in [2.05, 4.69) is 10.1 Å². The van der Waals surface area contributed by atoms with Gasteiger partial charge in [0, 0.05) is 38.3 Å². The molecule has 1 saturated carbocycles. The molecular weight excluding hydrogens is 561 g/mol. The fraction of sp³-hybridized carbons (Fsp3) is 0.600. The predicted octanol–water partition coefficient (Wildman–Crippen LogP) is 1.58. The molecule has 0 bridgehead atoms. The van der Waals surface area contributed by atoms with E-state index in [9.17, 15) is 42.6 Å². The zero-order valence-corrected chi connectivity index (χ0v) is 22.3. The van der Waals surface area contributed by atoms with Crippen molar-refractivity contribution in [1.82, 2.24) is 14.7 Å². The molecule has 0 aromatic heterocycles. The Labute approximate surface area is 232 Å². The number of rotatable bonds is 7. The standard InChI is InChI=1S/C25H30ClF3N4O7/c1-14-21(36)33(17(22(37)38)3-5-20(35)31-9-8-24(6-7-24)19(34)13-31)11-10-32(14)23(39)30-15-2-4-18(16(26)12-15)40-25(27,28)29/h2,4,12,14,17,19,34H,3,5-11,13H2,1H3,(H,30,39)(H,37,38)/p-1/t14-,17-,19+/m0/s1. The summed E-state index contributed by atoms with van der Waals surface area (Å²) in [6.07, 6.45) is -3.33. The summed E-state index contributed by atoms with van der Waals surface area (Å²) in [5.74, 6) is -3.17. The number of aliphatic carboxylic acids is 1. The fourth-order valence-corrected chi connectivity index (χ4v) is 5.49.